The van der Waals surface area contributed by atoms with Gasteiger partial charge in [0.05, 0.1) is 18.4 Å². The predicted molar refractivity (Wildman–Crippen MR) is 94.6 cm³/mol. The van der Waals surface area contributed by atoms with E-state index in [9.17, 15) is 0 Å². The van der Waals surface area contributed by atoms with Gasteiger partial charge in [0.2, 0.25) is 0 Å². The van der Waals surface area contributed by atoms with Crippen LogP contribution in [0, 0.1) is 11.3 Å². The second-order valence-electron chi connectivity index (χ2n) is 4.24. The highest BCUT2D eigenvalue weighted by molar-refractivity contribution is 9.11. The van der Waals surface area contributed by atoms with Crippen molar-refractivity contribution >= 4 is 53.5 Å². The van der Waals surface area contributed by atoms with Crippen molar-refractivity contribution < 1.29 is 4.74 Å². The third-order valence-electron chi connectivity index (χ3n) is 2.86. The summed E-state index contributed by atoms with van der Waals surface area (Å²) in [7, 11) is 1.56. The Bertz CT molecular complexity index is 688. The minimum Gasteiger partial charge on any atom is -0.495 e. The van der Waals surface area contributed by atoms with Crippen LogP contribution in [0.3, 0.4) is 0 Å². The highest BCUT2D eigenvalue weighted by Crippen LogP contribution is 2.34. The molecule has 0 aliphatic heterocycles. The number of ether oxygens (including phenoxy) is 1. The fourth-order valence-electron chi connectivity index (χ4n) is 1.84. The second kappa shape index (κ2) is 7.30. The molecule has 2 aromatic rings. The van der Waals surface area contributed by atoms with Crippen LogP contribution in [0.15, 0.2) is 43.7 Å². The molecule has 0 saturated heterocycles. The first-order valence-corrected chi connectivity index (χ1v) is 8.38. The largest absolute Gasteiger partial charge is 0.495 e. The number of nitrogens with zero attached hydrogens (tertiary/aromatic N) is 1. The van der Waals surface area contributed by atoms with Gasteiger partial charge in [-0.3, -0.25) is 0 Å². The van der Waals surface area contributed by atoms with Gasteiger partial charge in [-0.1, -0.05) is 22.0 Å². The summed E-state index contributed by atoms with van der Waals surface area (Å²) >= 11 is 10.5. The Hall–Kier alpha value is -1.03. The molecule has 6 heteroatoms. The SMILES string of the molecule is COc1cc(CNc2c(Br)cc(Br)cc2Br)ccc1C#N. The zero-order chi connectivity index (χ0) is 15.4. The van der Waals surface area contributed by atoms with Crippen LogP contribution in [0.2, 0.25) is 0 Å². The fourth-order valence-corrected chi connectivity index (χ4v) is 4.38. The lowest BCUT2D eigenvalue weighted by atomic mass is 10.1. The Balaban J connectivity index is 2.19. The summed E-state index contributed by atoms with van der Waals surface area (Å²) in [5, 5.41) is 12.3. The lowest BCUT2D eigenvalue weighted by molar-refractivity contribution is 0.413. The summed E-state index contributed by atoms with van der Waals surface area (Å²) in [6.45, 7) is 0.626. The summed E-state index contributed by atoms with van der Waals surface area (Å²) in [6.07, 6.45) is 0. The third kappa shape index (κ3) is 4.00. The van der Waals surface area contributed by atoms with E-state index in [0.29, 0.717) is 17.9 Å². The van der Waals surface area contributed by atoms with E-state index in [1.807, 2.05) is 24.3 Å². The highest BCUT2D eigenvalue weighted by Gasteiger charge is 2.08. The number of hydrogen-bond donors (Lipinski definition) is 1. The molecule has 2 rings (SSSR count). The van der Waals surface area contributed by atoms with Crippen LogP contribution in [0.5, 0.6) is 5.75 Å². The first-order chi connectivity index (χ1) is 10.0. The van der Waals surface area contributed by atoms with Crippen molar-refractivity contribution in [3.05, 3.63) is 54.9 Å². The summed E-state index contributed by atoms with van der Waals surface area (Å²) in [4.78, 5) is 0. The first kappa shape index (κ1) is 16.3. The summed E-state index contributed by atoms with van der Waals surface area (Å²) in [5.74, 6) is 0.589. The van der Waals surface area contributed by atoms with Gasteiger partial charge in [0.1, 0.15) is 11.8 Å². The van der Waals surface area contributed by atoms with E-state index in [2.05, 4.69) is 59.2 Å². The van der Waals surface area contributed by atoms with Crippen molar-refractivity contribution in [3.8, 4) is 11.8 Å². The number of methoxy groups -OCH3 is 1. The average Bonchev–Trinajstić information content (AvgIpc) is 2.45. The van der Waals surface area contributed by atoms with E-state index in [4.69, 9.17) is 10.00 Å². The molecule has 0 fully saturated rings. The molecule has 3 nitrogen and oxygen atoms in total. The Morgan fingerprint density at radius 2 is 1.81 bits per heavy atom. The van der Waals surface area contributed by atoms with Crippen LogP contribution in [0.1, 0.15) is 11.1 Å². The topological polar surface area (TPSA) is 45.0 Å². The number of benzene rings is 2. The smallest absolute Gasteiger partial charge is 0.136 e. The fraction of sp³-hybridized carbons (Fsp3) is 0.133. The van der Waals surface area contributed by atoms with Gasteiger partial charge in [-0.15, -0.1) is 0 Å². The molecule has 0 unspecified atom stereocenters. The van der Waals surface area contributed by atoms with Crippen LogP contribution in [0.4, 0.5) is 5.69 Å². The van der Waals surface area contributed by atoms with E-state index in [1.165, 1.54) is 0 Å². The van der Waals surface area contributed by atoms with Crippen LogP contribution < -0.4 is 10.1 Å². The number of nitriles is 1. The van der Waals surface area contributed by atoms with Gasteiger partial charge in [-0.25, -0.2) is 0 Å². The lowest BCUT2D eigenvalue weighted by Crippen LogP contribution is -2.02. The molecule has 0 heterocycles. The molecule has 21 heavy (non-hydrogen) atoms. The molecular formula is C15H11Br3N2O. The molecule has 0 aromatic heterocycles. The maximum absolute atomic E-state index is 8.98. The predicted octanol–water partition coefficient (Wildman–Crippen LogP) is 5.47. The number of halogens is 3. The standard InChI is InChI=1S/C15H11Br3N2O/c1-21-14-4-9(2-3-10(14)7-19)8-20-15-12(17)5-11(16)6-13(15)18/h2-6,20H,8H2,1H3. The maximum atomic E-state index is 8.98. The molecule has 0 aliphatic rings. The van der Waals surface area contributed by atoms with Gasteiger partial charge in [0, 0.05) is 20.0 Å². The molecule has 1 N–H and O–H groups in total. The van der Waals surface area contributed by atoms with Crippen LogP contribution in [0.25, 0.3) is 0 Å². The van der Waals surface area contributed by atoms with Crippen LogP contribution >= 0.6 is 47.8 Å². The number of anilines is 1. The molecule has 0 radical (unpaired) electrons. The van der Waals surface area contributed by atoms with Crippen molar-refractivity contribution in [2.24, 2.45) is 0 Å². The van der Waals surface area contributed by atoms with Crippen LogP contribution in [-0.2, 0) is 6.54 Å². The Kier molecular flexibility index (Phi) is 5.68. The van der Waals surface area contributed by atoms with Gasteiger partial charge >= 0.3 is 0 Å². The molecule has 0 atom stereocenters. The van der Waals surface area contributed by atoms with Crippen molar-refractivity contribution in [3.63, 3.8) is 0 Å². The van der Waals surface area contributed by atoms with E-state index >= 15 is 0 Å². The van der Waals surface area contributed by atoms with Gasteiger partial charge in [0.25, 0.3) is 0 Å². The average molecular weight is 475 g/mol. The van der Waals surface area contributed by atoms with Gasteiger partial charge in [-0.2, -0.15) is 5.26 Å². The number of nitrogens with one attached hydrogen (secondary N) is 1. The third-order valence-corrected chi connectivity index (χ3v) is 4.57. The van der Waals surface area contributed by atoms with Gasteiger partial charge in [0.15, 0.2) is 0 Å². The molecular weight excluding hydrogens is 464 g/mol. The lowest BCUT2D eigenvalue weighted by Gasteiger charge is -2.12. The summed E-state index contributed by atoms with van der Waals surface area (Å²) in [5.41, 5.74) is 2.54. The quantitative estimate of drug-likeness (QED) is 0.639. The van der Waals surface area contributed by atoms with Gasteiger partial charge < -0.3 is 10.1 Å². The van der Waals surface area contributed by atoms with Crippen LogP contribution in [-0.4, -0.2) is 7.11 Å². The van der Waals surface area contributed by atoms with Crippen molar-refractivity contribution in [1.82, 2.24) is 0 Å². The normalized spacial score (nSPS) is 10.0. The Morgan fingerprint density at radius 3 is 2.38 bits per heavy atom. The molecule has 0 aliphatic carbocycles. The highest BCUT2D eigenvalue weighted by atomic mass is 79.9. The van der Waals surface area contributed by atoms with E-state index < -0.39 is 0 Å². The second-order valence-corrected chi connectivity index (χ2v) is 6.87. The number of rotatable bonds is 4. The zero-order valence-electron chi connectivity index (χ0n) is 11.1. The molecule has 0 bridgehead atoms. The van der Waals surface area contributed by atoms with Gasteiger partial charge in [-0.05, 0) is 61.7 Å². The van der Waals surface area contributed by atoms with E-state index in [0.717, 1.165) is 24.7 Å². The zero-order valence-corrected chi connectivity index (χ0v) is 15.8. The van der Waals surface area contributed by atoms with Crippen molar-refractivity contribution in [2.75, 3.05) is 12.4 Å². The molecule has 0 amide bonds. The Labute approximate surface area is 148 Å². The van der Waals surface area contributed by atoms with Crippen molar-refractivity contribution in [2.45, 2.75) is 6.54 Å². The minimum absolute atomic E-state index is 0.534. The monoisotopic (exact) mass is 472 g/mol. The number of hydrogen-bond acceptors (Lipinski definition) is 3. The molecule has 0 saturated carbocycles. The Morgan fingerprint density at radius 1 is 1.14 bits per heavy atom. The molecule has 0 spiro atoms. The maximum Gasteiger partial charge on any atom is 0.136 e. The minimum atomic E-state index is 0.534. The summed E-state index contributed by atoms with van der Waals surface area (Å²) < 4.78 is 8.13. The first-order valence-electron chi connectivity index (χ1n) is 6.00. The van der Waals surface area contributed by atoms with Crippen molar-refractivity contribution in [1.29, 1.82) is 5.26 Å². The van der Waals surface area contributed by atoms with E-state index in [-0.39, 0.29) is 0 Å². The molecule has 108 valence electrons. The summed E-state index contributed by atoms with van der Waals surface area (Å²) in [6, 6.07) is 11.6. The van der Waals surface area contributed by atoms with E-state index in [1.54, 1.807) is 13.2 Å². The molecule has 2 aromatic carbocycles.